The van der Waals surface area contributed by atoms with E-state index >= 15 is 0 Å². The monoisotopic (exact) mass is 526 g/mol. The van der Waals surface area contributed by atoms with E-state index < -0.39 is 0 Å². The van der Waals surface area contributed by atoms with Crippen LogP contribution in [0, 0.1) is 0 Å². The minimum absolute atomic E-state index is 0.598. The van der Waals surface area contributed by atoms with Crippen molar-refractivity contribution in [3.63, 3.8) is 0 Å². The summed E-state index contributed by atoms with van der Waals surface area (Å²) < 4.78 is 23.7. The Morgan fingerprint density at radius 3 is 1.18 bits per heavy atom. The summed E-state index contributed by atoms with van der Waals surface area (Å²) in [5.41, 5.74) is 1.20. The highest BCUT2D eigenvalue weighted by atomic mass is 16.5. The Hall–Kier alpha value is -3.02. The maximum absolute atomic E-state index is 11.1. The third-order valence-electron chi connectivity index (χ3n) is 6.27. The highest BCUT2D eigenvalue weighted by Gasteiger charge is 2.08. The normalized spacial score (nSPS) is 10.7. The van der Waals surface area contributed by atoms with Crippen LogP contribution in [0.3, 0.4) is 0 Å². The maximum Gasteiger partial charge on any atom is 0.161 e. The van der Waals surface area contributed by atoms with Gasteiger partial charge < -0.3 is 18.9 Å². The van der Waals surface area contributed by atoms with E-state index in [1.807, 2.05) is 12.1 Å². The predicted molar refractivity (Wildman–Crippen MR) is 152 cm³/mol. The first kappa shape index (κ1) is 31.2. The molecular weight excluding hydrogens is 480 g/mol. The zero-order valence-electron chi connectivity index (χ0n) is 23.4. The predicted octanol–water partition coefficient (Wildman–Crippen LogP) is 8.25. The van der Waals surface area contributed by atoms with Gasteiger partial charge in [0.2, 0.25) is 0 Å². The number of aldehydes is 2. The summed E-state index contributed by atoms with van der Waals surface area (Å²) in [4.78, 5) is 22.2. The highest BCUT2D eigenvalue weighted by molar-refractivity contribution is 5.77. The van der Waals surface area contributed by atoms with Gasteiger partial charge in [-0.15, -0.1) is 0 Å². The van der Waals surface area contributed by atoms with Gasteiger partial charge in [0.05, 0.1) is 26.4 Å². The van der Waals surface area contributed by atoms with Gasteiger partial charge in [0.25, 0.3) is 0 Å². The van der Waals surface area contributed by atoms with Gasteiger partial charge in [0, 0.05) is 11.1 Å². The zero-order valence-corrected chi connectivity index (χ0v) is 23.4. The molecule has 0 aliphatic carbocycles. The van der Waals surface area contributed by atoms with Gasteiger partial charge in [-0.25, -0.2) is 0 Å². The molecule has 0 saturated carbocycles. The Kier molecular flexibility index (Phi) is 16.4. The summed E-state index contributed by atoms with van der Waals surface area (Å²) in [6, 6.07) is 10.7. The van der Waals surface area contributed by atoms with E-state index in [0.29, 0.717) is 60.6 Å². The highest BCUT2D eigenvalue weighted by Crippen LogP contribution is 2.30. The first-order valence-electron chi connectivity index (χ1n) is 14.4. The standard InChI is InChI=1S/C32H46O6/c1-3-5-11-19-37-31-23-27(25-33)15-17-29(31)35-21-13-9-7-8-10-14-22-36-30-18-16-28(26-34)24-32(30)38-20-12-6-4-2/h15-18,23-26H,3-14,19-22H2,1-2H3. The maximum atomic E-state index is 11.1. The molecular formula is C32H46O6. The summed E-state index contributed by atoms with van der Waals surface area (Å²) in [6.45, 7) is 6.85. The first-order valence-corrected chi connectivity index (χ1v) is 14.4. The summed E-state index contributed by atoms with van der Waals surface area (Å²) in [6.07, 6.45) is 14.6. The molecule has 0 fully saturated rings. The Labute approximate surface area is 229 Å². The fourth-order valence-corrected chi connectivity index (χ4v) is 4.00. The van der Waals surface area contributed by atoms with E-state index in [9.17, 15) is 9.59 Å². The van der Waals surface area contributed by atoms with E-state index in [1.54, 1.807) is 24.3 Å². The minimum Gasteiger partial charge on any atom is -0.490 e. The van der Waals surface area contributed by atoms with Crippen molar-refractivity contribution < 1.29 is 28.5 Å². The molecule has 0 N–H and O–H groups in total. The van der Waals surface area contributed by atoms with E-state index in [0.717, 1.165) is 89.6 Å². The van der Waals surface area contributed by atoms with Crippen LogP contribution in [0.25, 0.3) is 0 Å². The summed E-state index contributed by atoms with van der Waals surface area (Å²) in [7, 11) is 0. The van der Waals surface area contributed by atoms with E-state index in [1.165, 1.54) is 0 Å². The minimum atomic E-state index is 0.598. The number of hydrogen-bond donors (Lipinski definition) is 0. The molecule has 0 saturated heterocycles. The number of ether oxygens (including phenoxy) is 4. The first-order chi connectivity index (χ1) is 18.7. The SMILES string of the molecule is CCCCCOc1cc(C=O)ccc1OCCCCCCCCOc1ccc(C=O)cc1OCCCCC. The molecule has 38 heavy (non-hydrogen) atoms. The van der Waals surface area contributed by atoms with Gasteiger partial charge in [-0.3, -0.25) is 9.59 Å². The number of carbonyl (C=O) groups is 2. The Morgan fingerprint density at radius 1 is 0.474 bits per heavy atom. The smallest absolute Gasteiger partial charge is 0.161 e. The van der Waals surface area contributed by atoms with Gasteiger partial charge in [-0.1, -0.05) is 65.2 Å². The number of carbonyl (C=O) groups excluding carboxylic acids is 2. The molecule has 0 bridgehead atoms. The van der Waals surface area contributed by atoms with Gasteiger partial charge >= 0.3 is 0 Å². The molecule has 6 heteroatoms. The topological polar surface area (TPSA) is 71.1 Å². The third kappa shape index (κ3) is 12.5. The van der Waals surface area contributed by atoms with Crippen molar-refractivity contribution in [3.05, 3.63) is 47.5 Å². The second-order valence-corrected chi connectivity index (χ2v) is 9.58. The molecule has 2 rings (SSSR count). The van der Waals surface area contributed by atoms with Gasteiger partial charge in [-0.05, 0) is 62.1 Å². The lowest BCUT2D eigenvalue weighted by Gasteiger charge is -2.14. The molecule has 0 spiro atoms. The molecule has 0 heterocycles. The van der Waals surface area contributed by atoms with Crippen LogP contribution < -0.4 is 18.9 Å². The van der Waals surface area contributed by atoms with Crippen LogP contribution in [0.2, 0.25) is 0 Å². The van der Waals surface area contributed by atoms with Crippen molar-refractivity contribution in [2.45, 2.75) is 90.9 Å². The van der Waals surface area contributed by atoms with Crippen LogP contribution >= 0.6 is 0 Å². The molecule has 0 aromatic heterocycles. The van der Waals surface area contributed by atoms with E-state index in [-0.39, 0.29) is 0 Å². The van der Waals surface area contributed by atoms with Crippen LogP contribution in [-0.4, -0.2) is 39.0 Å². The van der Waals surface area contributed by atoms with Crippen LogP contribution in [0.5, 0.6) is 23.0 Å². The second-order valence-electron chi connectivity index (χ2n) is 9.58. The Balaban J connectivity index is 1.61. The molecule has 6 nitrogen and oxygen atoms in total. The van der Waals surface area contributed by atoms with Crippen LogP contribution in [-0.2, 0) is 0 Å². The van der Waals surface area contributed by atoms with Crippen LogP contribution in [0.15, 0.2) is 36.4 Å². The van der Waals surface area contributed by atoms with Gasteiger partial charge in [0.15, 0.2) is 23.0 Å². The summed E-state index contributed by atoms with van der Waals surface area (Å²) in [5.74, 6) is 2.72. The molecule has 0 amide bonds. The molecule has 0 atom stereocenters. The Morgan fingerprint density at radius 2 is 0.816 bits per heavy atom. The van der Waals surface area contributed by atoms with Gasteiger partial charge in [0.1, 0.15) is 12.6 Å². The van der Waals surface area contributed by atoms with Gasteiger partial charge in [-0.2, -0.15) is 0 Å². The van der Waals surface area contributed by atoms with E-state index in [4.69, 9.17) is 18.9 Å². The lowest BCUT2D eigenvalue weighted by molar-refractivity contribution is 0.111. The lowest BCUT2D eigenvalue weighted by Crippen LogP contribution is -2.04. The number of rotatable bonds is 23. The van der Waals surface area contributed by atoms with Crippen molar-refractivity contribution in [3.8, 4) is 23.0 Å². The average molecular weight is 527 g/mol. The van der Waals surface area contributed by atoms with Crippen molar-refractivity contribution in [2.75, 3.05) is 26.4 Å². The second kappa shape index (κ2) is 20.0. The molecule has 2 aromatic rings. The molecule has 2 aromatic carbocycles. The van der Waals surface area contributed by atoms with Crippen molar-refractivity contribution >= 4 is 12.6 Å². The quantitative estimate of drug-likeness (QED) is 0.107. The third-order valence-corrected chi connectivity index (χ3v) is 6.27. The lowest BCUT2D eigenvalue weighted by atomic mass is 10.1. The Bertz CT molecular complexity index is 851. The molecule has 0 unspecified atom stereocenters. The van der Waals surface area contributed by atoms with Crippen LogP contribution in [0.1, 0.15) is 112 Å². The summed E-state index contributed by atoms with van der Waals surface area (Å²) >= 11 is 0. The van der Waals surface area contributed by atoms with Crippen molar-refractivity contribution in [1.29, 1.82) is 0 Å². The zero-order chi connectivity index (χ0) is 27.3. The van der Waals surface area contributed by atoms with Crippen molar-refractivity contribution in [2.24, 2.45) is 0 Å². The molecule has 0 radical (unpaired) electrons. The molecule has 0 aliphatic heterocycles. The number of hydrogen-bond acceptors (Lipinski definition) is 6. The fourth-order valence-electron chi connectivity index (χ4n) is 4.00. The van der Waals surface area contributed by atoms with E-state index in [2.05, 4.69) is 13.8 Å². The van der Waals surface area contributed by atoms with Crippen LogP contribution in [0.4, 0.5) is 0 Å². The fraction of sp³-hybridized carbons (Fsp3) is 0.562. The van der Waals surface area contributed by atoms with Crippen molar-refractivity contribution in [1.82, 2.24) is 0 Å². The molecule has 210 valence electrons. The number of unbranched alkanes of at least 4 members (excludes halogenated alkanes) is 9. The molecule has 0 aliphatic rings. The average Bonchev–Trinajstić information content (AvgIpc) is 2.95. The largest absolute Gasteiger partial charge is 0.490 e. The number of benzene rings is 2. The summed E-state index contributed by atoms with van der Waals surface area (Å²) in [5, 5.41) is 0.